The molecule has 28 heavy (non-hydrogen) atoms. The molecule has 1 aromatic heterocycles. The standard InChI is InChI=1S/C21H29N5O.HI/c1-2-22-20(26-11-5-9-21(15-26)12-19(27)25-14-21)23-10-8-16-13-24-18-7-4-3-6-17(16)18;/h3-4,6-7,13,24H,2,5,8-12,14-15H2,1H3,(H,22,23)(H,25,27);1H. The van der Waals surface area contributed by atoms with Crippen molar-refractivity contribution in [1.82, 2.24) is 20.5 Å². The number of aromatic amines is 1. The zero-order chi connectivity index (χ0) is 18.7. The second-order valence-electron chi connectivity index (χ2n) is 7.82. The highest BCUT2D eigenvalue weighted by Gasteiger charge is 2.42. The molecule has 1 spiro atoms. The van der Waals surface area contributed by atoms with Crippen LogP contribution in [0.3, 0.4) is 0 Å². The lowest BCUT2D eigenvalue weighted by molar-refractivity contribution is -0.119. The molecule has 0 aliphatic carbocycles. The number of para-hydroxylation sites is 1. The van der Waals surface area contributed by atoms with Crippen LogP contribution in [0.1, 0.15) is 31.7 Å². The van der Waals surface area contributed by atoms with Crippen molar-refractivity contribution in [2.45, 2.75) is 32.6 Å². The molecular formula is C21H30IN5O. The third-order valence-corrected chi connectivity index (χ3v) is 5.81. The van der Waals surface area contributed by atoms with E-state index in [1.54, 1.807) is 0 Å². The Bertz CT molecular complexity index is 848. The summed E-state index contributed by atoms with van der Waals surface area (Å²) in [6, 6.07) is 8.40. The molecule has 2 aliphatic heterocycles. The first-order valence-corrected chi connectivity index (χ1v) is 10.0. The zero-order valence-electron chi connectivity index (χ0n) is 16.5. The molecule has 4 rings (SSSR count). The van der Waals surface area contributed by atoms with Gasteiger partial charge in [-0.3, -0.25) is 9.79 Å². The summed E-state index contributed by atoms with van der Waals surface area (Å²) >= 11 is 0. The number of carbonyl (C=O) groups excluding carboxylic acids is 1. The lowest BCUT2D eigenvalue weighted by Crippen LogP contribution is -2.51. The molecule has 6 nitrogen and oxygen atoms in total. The number of fused-ring (bicyclic) bond motifs is 1. The average Bonchev–Trinajstić information content (AvgIpc) is 3.25. The van der Waals surface area contributed by atoms with Gasteiger partial charge in [-0.15, -0.1) is 24.0 Å². The molecule has 1 atom stereocenters. The van der Waals surface area contributed by atoms with Crippen LogP contribution in [0.2, 0.25) is 0 Å². The molecule has 2 saturated heterocycles. The fourth-order valence-corrected chi connectivity index (χ4v) is 4.48. The summed E-state index contributed by atoms with van der Waals surface area (Å²) in [7, 11) is 0. The van der Waals surface area contributed by atoms with Gasteiger partial charge in [0.2, 0.25) is 5.91 Å². The van der Waals surface area contributed by atoms with Gasteiger partial charge in [0.15, 0.2) is 5.96 Å². The van der Waals surface area contributed by atoms with Crippen molar-refractivity contribution in [2.24, 2.45) is 10.4 Å². The molecule has 0 saturated carbocycles. The normalized spacial score (nSPS) is 22.4. The van der Waals surface area contributed by atoms with E-state index in [0.717, 1.165) is 57.9 Å². The minimum absolute atomic E-state index is 0. The Balaban J connectivity index is 0.00000225. The van der Waals surface area contributed by atoms with E-state index in [0.29, 0.717) is 6.42 Å². The quantitative estimate of drug-likeness (QED) is 0.347. The van der Waals surface area contributed by atoms with Gasteiger partial charge in [-0.2, -0.15) is 0 Å². The van der Waals surface area contributed by atoms with Crippen LogP contribution in [0, 0.1) is 5.41 Å². The van der Waals surface area contributed by atoms with Crippen molar-refractivity contribution < 1.29 is 4.79 Å². The number of nitrogens with one attached hydrogen (secondary N) is 3. The van der Waals surface area contributed by atoms with Crippen LogP contribution in [0.15, 0.2) is 35.5 Å². The number of aliphatic imine (C=N–C) groups is 1. The summed E-state index contributed by atoms with van der Waals surface area (Å²) < 4.78 is 0. The van der Waals surface area contributed by atoms with Crippen LogP contribution in [-0.4, -0.2) is 54.5 Å². The number of benzene rings is 1. The number of H-pyrrole nitrogens is 1. The molecule has 0 bridgehead atoms. The Labute approximate surface area is 183 Å². The molecule has 1 aromatic carbocycles. The van der Waals surface area contributed by atoms with Crippen LogP contribution in [0.25, 0.3) is 10.9 Å². The highest BCUT2D eigenvalue weighted by Crippen LogP contribution is 2.36. The van der Waals surface area contributed by atoms with Crippen molar-refractivity contribution in [1.29, 1.82) is 0 Å². The topological polar surface area (TPSA) is 72.5 Å². The van der Waals surface area contributed by atoms with Crippen LogP contribution >= 0.6 is 24.0 Å². The van der Waals surface area contributed by atoms with Crippen molar-refractivity contribution in [3.63, 3.8) is 0 Å². The minimum Gasteiger partial charge on any atom is -0.361 e. The maximum absolute atomic E-state index is 11.8. The van der Waals surface area contributed by atoms with E-state index in [1.807, 2.05) is 0 Å². The number of carbonyl (C=O) groups is 1. The molecule has 2 fully saturated rings. The molecule has 2 aliphatic rings. The van der Waals surface area contributed by atoms with E-state index < -0.39 is 0 Å². The number of likely N-dealkylation sites (tertiary alicyclic amines) is 1. The van der Waals surface area contributed by atoms with Gasteiger partial charge < -0.3 is 20.5 Å². The van der Waals surface area contributed by atoms with Gasteiger partial charge in [-0.05, 0) is 37.8 Å². The van der Waals surface area contributed by atoms with Gasteiger partial charge in [0.1, 0.15) is 0 Å². The van der Waals surface area contributed by atoms with E-state index in [9.17, 15) is 4.79 Å². The van der Waals surface area contributed by atoms with Crippen LogP contribution in [0.5, 0.6) is 0 Å². The van der Waals surface area contributed by atoms with Crippen molar-refractivity contribution in [3.8, 4) is 0 Å². The monoisotopic (exact) mass is 495 g/mol. The highest BCUT2D eigenvalue weighted by molar-refractivity contribution is 14.0. The molecule has 1 unspecified atom stereocenters. The number of hydrogen-bond donors (Lipinski definition) is 3. The molecule has 3 N–H and O–H groups in total. The number of hydrogen-bond acceptors (Lipinski definition) is 2. The summed E-state index contributed by atoms with van der Waals surface area (Å²) in [5.74, 6) is 1.17. The average molecular weight is 495 g/mol. The number of amides is 1. The number of rotatable bonds is 4. The van der Waals surface area contributed by atoms with Gasteiger partial charge in [-0.1, -0.05) is 18.2 Å². The van der Waals surface area contributed by atoms with Crippen LogP contribution < -0.4 is 10.6 Å². The van der Waals surface area contributed by atoms with E-state index in [2.05, 4.69) is 57.9 Å². The van der Waals surface area contributed by atoms with E-state index in [1.165, 1.54) is 16.5 Å². The Hall–Kier alpha value is -1.77. The Morgan fingerprint density at radius 3 is 3.00 bits per heavy atom. The molecule has 152 valence electrons. The van der Waals surface area contributed by atoms with Crippen molar-refractivity contribution in [3.05, 3.63) is 36.0 Å². The van der Waals surface area contributed by atoms with Gasteiger partial charge >= 0.3 is 0 Å². The molecule has 0 radical (unpaired) electrons. The van der Waals surface area contributed by atoms with Gasteiger partial charge in [0, 0.05) is 61.7 Å². The predicted molar refractivity (Wildman–Crippen MR) is 124 cm³/mol. The lowest BCUT2D eigenvalue weighted by atomic mass is 9.79. The molecule has 7 heteroatoms. The number of halogens is 1. The predicted octanol–water partition coefficient (Wildman–Crippen LogP) is 2.90. The number of guanidine groups is 1. The summed E-state index contributed by atoms with van der Waals surface area (Å²) in [4.78, 5) is 22.3. The third kappa shape index (κ3) is 4.45. The fraction of sp³-hybridized carbons (Fsp3) is 0.524. The first-order chi connectivity index (χ1) is 13.2. The molecule has 3 heterocycles. The SMILES string of the molecule is CCNC(=NCCc1c[nH]c2ccccc12)N1CCCC2(CNC(=O)C2)C1.I. The maximum Gasteiger partial charge on any atom is 0.220 e. The maximum atomic E-state index is 11.8. The number of nitrogens with zero attached hydrogens (tertiary/aromatic N) is 2. The smallest absolute Gasteiger partial charge is 0.220 e. The first-order valence-electron chi connectivity index (χ1n) is 10.0. The number of aromatic nitrogens is 1. The largest absolute Gasteiger partial charge is 0.361 e. The summed E-state index contributed by atoms with van der Waals surface area (Å²) in [5.41, 5.74) is 2.58. The summed E-state index contributed by atoms with van der Waals surface area (Å²) in [5, 5.41) is 7.75. The van der Waals surface area contributed by atoms with E-state index in [-0.39, 0.29) is 35.3 Å². The second-order valence-corrected chi connectivity index (χ2v) is 7.82. The summed E-state index contributed by atoms with van der Waals surface area (Å²) in [6.45, 7) is 6.43. The first kappa shape index (κ1) is 21.0. The number of piperidine rings is 1. The molecule has 2 aromatic rings. The Morgan fingerprint density at radius 1 is 1.36 bits per heavy atom. The van der Waals surface area contributed by atoms with Crippen molar-refractivity contribution in [2.75, 3.05) is 32.7 Å². The molecular weight excluding hydrogens is 465 g/mol. The van der Waals surface area contributed by atoms with Crippen LogP contribution in [-0.2, 0) is 11.2 Å². The van der Waals surface area contributed by atoms with E-state index in [4.69, 9.17) is 4.99 Å². The van der Waals surface area contributed by atoms with Gasteiger partial charge in [-0.25, -0.2) is 0 Å². The van der Waals surface area contributed by atoms with E-state index >= 15 is 0 Å². The highest BCUT2D eigenvalue weighted by atomic mass is 127. The third-order valence-electron chi connectivity index (χ3n) is 5.81. The minimum atomic E-state index is 0. The van der Waals surface area contributed by atoms with Crippen molar-refractivity contribution >= 4 is 46.7 Å². The molecule has 1 amide bonds. The Kier molecular flexibility index (Phi) is 6.85. The van der Waals surface area contributed by atoms with Gasteiger partial charge in [0.25, 0.3) is 0 Å². The summed E-state index contributed by atoms with van der Waals surface area (Å²) in [6.07, 6.45) is 5.90. The second kappa shape index (κ2) is 9.15. The van der Waals surface area contributed by atoms with Crippen LogP contribution in [0.4, 0.5) is 0 Å². The fourth-order valence-electron chi connectivity index (χ4n) is 4.48. The van der Waals surface area contributed by atoms with Gasteiger partial charge in [0.05, 0.1) is 0 Å². The lowest BCUT2D eigenvalue weighted by Gasteiger charge is -2.40. The zero-order valence-corrected chi connectivity index (χ0v) is 18.8. The Morgan fingerprint density at radius 2 is 2.21 bits per heavy atom.